The van der Waals surface area contributed by atoms with Crippen molar-refractivity contribution in [2.75, 3.05) is 26.7 Å². The van der Waals surface area contributed by atoms with Gasteiger partial charge in [0.25, 0.3) is 0 Å². The minimum atomic E-state index is -4.47. The quantitative estimate of drug-likeness (QED) is 0.263. The van der Waals surface area contributed by atoms with Crippen LogP contribution in [0, 0.1) is 5.92 Å². The van der Waals surface area contributed by atoms with Gasteiger partial charge in [-0.15, -0.1) is 6.58 Å². The number of hydrogen-bond donors (Lipinski definition) is 1. The van der Waals surface area contributed by atoms with Crippen molar-refractivity contribution < 1.29 is 32.5 Å². The first-order valence-corrected chi connectivity index (χ1v) is 16.7. The lowest BCUT2D eigenvalue weighted by molar-refractivity contribution is -0.199. The van der Waals surface area contributed by atoms with Crippen molar-refractivity contribution in [1.82, 2.24) is 9.80 Å². The fourth-order valence-corrected chi connectivity index (χ4v) is 9.58. The highest BCUT2D eigenvalue weighted by atomic mass is 19.4. The molecule has 2 aromatic rings. The molecule has 0 radical (unpaired) electrons. The number of ether oxygens (including phenoxy) is 2. The van der Waals surface area contributed by atoms with Crippen LogP contribution < -0.4 is 9.47 Å². The molecule has 5 aliphatic rings. The van der Waals surface area contributed by atoms with E-state index in [1.54, 1.807) is 13.2 Å². The van der Waals surface area contributed by atoms with E-state index >= 15 is 0 Å². The van der Waals surface area contributed by atoms with Gasteiger partial charge in [0, 0.05) is 30.8 Å². The second-order valence-electron chi connectivity index (χ2n) is 13.9. The third kappa shape index (κ3) is 4.88. The maximum atomic E-state index is 14.3. The van der Waals surface area contributed by atoms with Crippen molar-refractivity contribution in [3.05, 3.63) is 77.4 Å². The number of piperidine rings is 1. The number of methoxy groups -OCH3 is 1. The zero-order valence-electron chi connectivity index (χ0n) is 26.4. The summed E-state index contributed by atoms with van der Waals surface area (Å²) in [6.45, 7) is 5.98. The largest absolute Gasteiger partial charge is 0.493 e. The number of carbonyl (C=O) groups excluding carboxylic acids is 1. The van der Waals surface area contributed by atoms with E-state index in [4.69, 9.17) is 9.47 Å². The molecule has 2 aromatic carbocycles. The van der Waals surface area contributed by atoms with Crippen LogP contribution >= 0.6 is 0 Å². The molecule has 7 rings (SSSR count). The second-order valence-corrected chi connectivity index (χ2v) is 13.9. The van der Waals surface area contributed by atoms with Crippen molar-refractivity contribution in [1.29, 1.82) is 0 Å². The van der Waals surface area contributed by atoms with Gasteiger partial charge >= 0.3 is 6.18 Å². The summed E-state index contributed by atoms with van der Waals surface area (Å²) < 4.78 is 52.9. The summed E-state index contributed by atoms with van der Waals surface area (Å²) in [7, 11) is 1.63. The number of carbonyl (C=O) groups is 1. The zero-order valence-corrected chi connectivity index (χ0v) is 26.4. The summed E-state index contributed by atoms with van der Waals surface area (Å²) >= 11 is 0. The SMILES string of the molecule is C=CCN1CC[C@]23c4c5ccc(OC)c4O[C@H]2[C@@H](N(CC2CCCCC2)C(=O)C=Cc2cccc(C(F)(F)F)c2)CC[C@@]3(O)[C@H]1C5. The minimum Gasteiger partial charge on any atom is -0.493 e. The molecule has 3 aliphatic carbocycles. The van der Waals surface area contributed by atoms with Crippen molar-refractivity contribution in [3.63, 3.8) is 0 Å². The van der Waals surface area contributed by atoms with Crippen molar-refractivity contribution >= 4 is 12.0 Å². The maximum Gasteiger partial charge on any atom is 0.416 e. The minimum absolute atomic E-state index is 0.110. The van der Waals surface area contributed by atoms with Crippen LogP contribution in [0.2, 0.25) is 0 Å². The van der Waals surface area contributed by atoms with Gasteiger partial charge in [0.2, 0.25) is 5.91 Å². The zero-order chi connectivity index (χ0) is 32.3. The lowest BCUT2D eigenvalue weighted by Gasteiger charge is -2.64. The Morgan fingerprint density at radius 2 is 1.98 bits per heavy atom. The Kier molecular flexibility index (Phi) is 7.99. The Bertz CT molecular complexity index is 1530. The predicted molar refractivity (Wildman–Crippen MR) is 170 cm³/mol. The van der Waals surface area contributed by atoms with Crippen molar-refractivity contribution in [2.45, 2.75) is 93.2 Å². The highest BCUT2D eigenvalue weighted by molar-refractivity contribution is 5.92. The molecular weight excluding hydrogens is 593 g/mol. The lowest BCUT2D eigenvalue weighted by Crippen LogP contribution is -2.78. The summed E-state index contributed by atoms with van der Waals surface area (Å²) in [4.78, 5) is 18.5. The Morgan fingerprint density at radius 1 is 1.17 bits per heavy atom. The standard InChI is InChI=1S/C37H43F3N2O4/c1-3-19-41-20-18-35-32-26-13-14-29(45-2)33(32)46-34(35)28(16-17-36(35,44)30(41)22-26)42(23-25-8-5-4-6-9-25)31(43)15-12-24-10-7-11-27(21-24)37(38,39)40/h3,7,10-15,21,25,28,30,34,44H,1,4-6,8-9,16-20,22-23H2,2H3/t28-,30+,34-,35-,36+/m0/s1. The van der Waals surface area contributed by atoms with Crippen LogP contribution in [0.25, 0.3) is 6.08 Å². The first-order valence-electron chi connectivity index (χ1n) is 16.7. The normalized spacial score (nSPS) is 30.5. The molecule has 0 aromatic heterocycles. The molecule has 1 N–H and O–H groups in total. The van der Waals surface area contributed by atoms with E-state index in [9.17, 15) is 23.1 Å². The molecule has 1 spiro atoms. The van der Waals surface area contributed by atoms with Gasteiger partial charge in [0.15, 0.2) is 11.5 Å². The van der Waals surface area contributed by atoms with E-state index in [1.807, 2.05) is 17.0 Å². The molecular formula is C37H43F3N2O4. The predicted octanol–water partition coefficient (Wildman–Crippen LogP) is 6.55. The van der Waals surface area contributed by atoms with Crippen LogP contribution in [0.3, 0.4) is 0 Å². The number of nitrogens with zero attached hydrogens (tertiary/aromatic N) is 2. The number of alkyl halides is 3. The van der Waals surface area contributed by atoms with E-state index in [2.05, 4.69) is 17.5 Å². The van der Waals surface area contributed by atoms with Crippen LogP contribution in [0.15, 0.2) is 55.1 Å². The number of benzene rings is 2. The molecule has 2 saturated carbocycles. The van der Waals surface area contributed by atoms with Gasteiger partial charge in [-0.25, -0.2) is 0 Å². The van der Waals surface area contributed by atoms with Crippen LogP contribution in [0.4, 0.5) is 13.2 Å². The number of hydrogen-bond acceptors (Lipinski definition) is 5. The first-order chi connectivity index (χ1) is 22.1. The second kappa shape index (κ2) is 11.7. The highest BCUT2D eigenvalue weighted by Crippen LogP contribution is 2.66. The number of rotatable bonds is 8. The van der Waals surface area contributed by atoms with Crippen LogP contribution in [-0.2, 0) is 22.8 Å². The molecule has 6 nitrogen and oxygen atoms in total. The van der Waals surface area contributed by atoms with E-state index in [0.29, 0.717) is 61.8 Å². The van der Waals surface area contributed by atoms with Crippen LogP contribution in [-0.4, -0.2) is 71.3 Å². The first kappa shape index (κ1) is 31.3. The summed E-state index contributed by atoms with van der Waals surface area (Å²) in [5.41, 5.74) is -0.0246. The third-order valence-corrected chi connectivity index (χ3v) is 11.6. The summed E-state index contributed by atoms with van der Waals surface area (Å²) in [6.07, 6.45) is 7.78. The number of aliphatic hydroxyl groups is 1. The molecule has 46 heavy (non-hydrogen) atoms. The van der Waals surface area contributed by atoms with Gasteiger partial charge in [-0.1, -0.05) is 43.5 Å². The fourth-order valence-electron chi connectivity index (χ4n) is 9.58. The molecule has 2 heterocycles. The van der Waals surface area contributed by atoms with Gasteiger partial charge in [-0.3, -0.25) is 9.69 Å². The lowest BCUT2D eigenvalue weighted by atomic mass is 9.48. The van der Waals surface area contributed by atoms with E-state index in [1.165, 1.54) is 24.6 Å². The third-order valence-electron chi connectivity index (χ3n) is 11.6. The molecule has 1 amide bonds. The van der Waals surface area contributed by atoms with Gasteiger partial charge in [-0.05, 0) is 86.4 Å². The van der Waals surface area contributed by atoms with E-state index in [0.717, 1.165) is 55.5 Å². The topological polar surface area (TPSA) is 62.2 Å². The summed E-state index contributed by atoms with van der Waals surface area (Å²) in [6, 6.07) is 8.65. The summed E-state index contributed by atoms with van der Waals surface area (Å²) in [5, 5.41) is 12.9. The fraction of sp³-hybridized carbons (Fsp3) is 0.541. The van der Waals surface area contributed by atoms with E-state index in [-0.39, 0.29) is 18.0 Å². The molecule has 1 saturated heterocycles. The van der Waals surface area contributed by atoms with Gasteiger partial charge in [-0.2, -0.15) is 13.2 Å². The van der Waals surface area contributed by atoms with Gasteiger partial charge in [0.1, 0.15) is 6.10 Å². The molecule has 9 heteroatoms. The maximum absolute atomic E-state index is 14.3. The molecule has 2 bridgehead atoms. The molecule has 246 valence electrons. The van der Waals surface area contributed by atoms with Crippen molar-refractivity contribution in [3.8, 4) is 11.5 Å². The number of amides is 1. The van der Waals surface area contributed by atoms with E-state index < -0.39 is 28.9 Å². The monoisotopic (exact) mass is 636 g/mol. The molecule has 3 fully saturated rings. The Hall–Kier alpha value is -3.30. The van der Waals surface area contributed by atoms with Crippen LogP contribution in [0.5, 0.6) is 11.5 Å². The Labute approximate surface area is 268 Å². The Morgan fingerprint density at radius 3 is 2.72 bits per heavy atom. The van der Waals surface area contributed by atoms with Crippen LogP contribution in [0.1, 0.15) is 73.6 Å². The highest BCUT2D eigenvalue weighted by Gasteiger charge is 2.73. The number of halogens is 3. The number of likely N-dealkylation sites (tertiary alicyclic amines) is 1. The Balaban J connectivity index is 1.28. The van der Waals surface area contributed by atoms with Gasteiger partial charge in [0.05, 0.1) is 29.7 Å². The van der Waals surface area contributed by atoms with Crippen molar-refractivity contribution in [2.24, 2.45) is 5.92 Å². The molecule has 0 unspecified atom stereocenters. The average Bonchev–Trinajstić information content (AvgIpc) is 3.40. The average molecular weight is 637 g/mol. The molecule has 2 aliphatic heterocycles. The van der Waals surface area contributed by atoms with Gasteiger partial charge < -0.3 is 19.5 Å². The summed E-state index contributed by atoms with van der Waals surface area (Å²) in [5.74, 6) is 1.40. The smallest absolute Gasteiger partial charge is 0.416 e. The molecule has 5 atom stereocenters.